The molecule has 2 aromatic rings. The molecule has 1 heterocycles. The molecule has 1 aromatic carbocycles. The van der Waals surface area contributed by atoms with E-state index in [9.17, 15) is 15.2 Å². The number of methoxy groups -OCH3 is 1. The first-order chi connectivity index (χ1) is 8.61. The highest BCUT2D eigenvalue weighted by molar-refractivity contribution is 5.72. The van der Waals surface area contributed by atoms with Gasteiger partial charge in [-0.05, 0) is 18.2 Å². The van der Waals surface area contributed by atoms with Crippen molar-refractivity contribution in [1.29, 1.82) is 0 Å². The summed E-state index contributed by atoms with van der Waals surface area (Å²) in [5, 5.41) is 20.2. The van der Waals surface area contributed by atoms with E-state index in [0.29, 0.717) is 17.0 Å². The molecule has 6 heteroatoms. The van der Waals surface area contributed by atoms with Crippen LogP contribution in [0.15, 0.2) is 36.5 Å². The molecule has 1 N–H and O–H groups in total. The Morgan fingerprint density at radius 2 is 2.11 bits per heavy atom. The second kappa shape index (κ2) is 4.70. The van der Waals surface area contributed by atoms with Crippen LogP contribution in [0.5, 0.6) is 11.5 Å². The molecule has 0 bridgehead atoms. The highest BCUT2D eigenvalue weighted by atomic mass is 16.6. The van der Waals surface area contributed by atoms with Crippen LogP contribution in [0.25, 0.3) is 11.3 Å². The monoisotopic (exact) mass is 246 g/mol. The molecule has 0 radical (unpaired) electrons. The molecule has 0 aliphatic rings. The van der Waals surface area contributed by atoms with E-state index in [1.165, 1.54) is 25.4 Å². The summed E-state index contributed by atoms with van der Waals surface area (Å²) in [5.74, 6) is 0.399. The molecule has 0 fully saturated rings. The fourth-order valence-electron chi connectivity index (χ4n) is 1.57. The minimum absolute atomic E-state index is 0.159. The van der Waals surface area contributed by atoms with Crippen molar-refractivity contribution in [3.63, 3.8) is 0 Å². The quantitative estimate of drug-likeness (QED) is 0.663. The van der Waals surface area contributed by atoms with Gasteiger partial charge in [0.1, 0.15) is 11.5 Å². The summed E-state index contributed by atoms with van der Waals surface area (Å²) in [6.45, 7) is 0. The van der Waals surface area contributed by atoms with Gasteiger partial charge in [0.25, 0.3) is 5.69 Å². The number of nitrogens with zero attached hydrogens (tertiary/aromatic N) is 2. The maximum Gasteiger partial charge on any atom is 0.282 e. The number of aromatic nitrogens is 1. The maximum atomic E-state index is 10.9. The minimum Gasteiger partial charge on any atom is -0.508 e. The number of phenols is 1. The molecule has 0 amide bonds. The van der Waals surface area contributed by atoms with Crippen molar-refractivity contribution < 1.29 is 14.8 Å². The van der Waals surface area contributed by atoms with Crippen molar-refractivity contribution in [2.75, 3.05) is 7.11 Å². The molecule has 0 saturated heterocycles. The first-order valence-corrected chi connectivity index (χ1v) is 5.09. The summed E-state index contributed by atoms with van der Waals surface area (Å²) >= 11 is 0. The average molecular weight is 246 g/mol. The van der Waals surface area contributed by atoms with Gasteiger partial charge in [-0.3, -0.25) is 15.1 Å². The molecule has 92 valence electrons. The number of phenolic OH excluding ortho intramolecular Hbond substituents is 1. The Labute approximate surface area is 103 Å². The van der Waals surface area contributed by atoms with E-state index < -0.39 is 4.92 Å². The molecule has 0 aliphatic carbocycles. The van der Waals surface area contributed by atoms with Gasteiger partial charge in [-0.25, -0.2) is 0 Å². The lowest BCUT2D eigenvalue weighted by Gasteiger charge is -2.05. The van der Waals surface area contributed by atoms with Crippen molar-refractivity contribution in [3.8, 4) is 22.8 Å². The van der Waals surface area contributed by atoms with Crippen molar-refractivity contribution in [2.24, 2.45) is 0 Å². The van der Waals surface area contributed by atoms with E-state index in [4.69, 9.17) is 4.74 Å². The number of rotatable bonds is 3. The summed E-state index contributed by atoms with van der Waals surface area (Å²) in [7, 11) is 1.50. The van der Waals surface area contributed by atoms with Crippen LogP contribution in [-0.2, 0) is 0 Å². The number of hydrogen-bond donors (Lipinski definition) is 1. The molecule has 0 unspecified atom stereocenters. The zero-order chi connectivity index (χ0) is 13.1. The molecule has 18 heavy (non-hydrogen) atoms. The molecule has 6 nitrogen and oxygen atoms in total. The number of pyridine rings is 1. The van der Waals surface area contributed by atoms with Gasteiger partial charge in [0, 0.05) is 12.3 Å². The Hall–Kier alpha value is -2.63. The molecule has 2 rings (SSSR count). The largest absolute Gasteiger partial charge is 0.508 e. The van der Waals surface area contributed by atoms with Crippen LogP contribution in [0.2, 0.25) is 0 Å². The summed E-state index contributed by atoms with van der Waals surface area (Å²) in [6, 6.07) is 7.17. The van der Waals surface area contributed by atoms with E-state index in [0.717, 1.165) is 6.07 Å². The second-order valence-corrected chi connectivity index (χ2v) is 3.54. The van der Waals surface area contributed by atoms with E-state index in [1.807, 2.05) is 0 Å². The van der Waals surface area contributed by atoms with Gasteiger partial charge in [0.15, 0.2) is 0 Å². The third-order valence-electron chi connectivity index (χ3n) is 2.42. The Balaban J connectivity index is 2.59. The van der Waals surface area contributed by atoms with Gasteiger partial charge < -0.3 is 9.84 Å². The lowest BCUT2D eigenvalue weighted by Crippen LogP contribution is -1.94. The third kappa shape index (κ3) is 2.22. The fraction of sp³-hybridized carbons (Fsp3) is 0.0833. The summed E-state index contributed by atoms with van der Waals surface area (Å²) in [4.78, 5) is 14.4. The smallest absolute Gasteiger partial charge is 0.282 e. The predicted molar refractivity (Wildman–Crippen MR) is 64.5 cm³/mol. The zero-order valence-electron chi connectivity index (χ0n) is 9.53. The first-order valence-electron chi connectivity index (χ1n) is 5.09. The number of benzene rings is 1. The average Bonchev–Trinajstić information content (AvgIpc) is 2.38. The van der Waals surface area contributed by atoms with Gasteiger partial charge in [0.05, 0.1) is 29.4 Å². The molecule has 0 saturated carbocycles. The lowest BCUT2D eigenvalue weighted by atomic mass is 10.1. The summed E-state index contributed by atoms with van der Waals surface area (Å²) in [5.41, 5.74) is 0.550. The molecule has 1 aromatic heterocycles. The third-order valence-corrected chi connectivity index (χ3v) is 2.42. The van der Waals surface area contributed by atoms with Crippen molar-refractivity contribution >= 4 is 5.69 Å². The SMILES string of the molecule is COc1ccnc(-c2ccc(O)cc2[N+](=O)[O-])c1. The zero-order valence-corrected chi connectivity index (χ0v) is 9.53. The number of nitro benzene ring substituents is 1. The van der Waals surface area contributed by atoms with Gasteiger partial charge in [-0.2, -0.15) is 0 Å². The standard InChI is InChI=1S/C12H10N2O4/c1-18-9-4-5-13-11(7-9)10-3-2-8(15)6-12(10)14(16)17/h2-7,15H,1H3. The first kappa shape index (κ1) is 11.8. The molecule has 0 spiro atoms. The van der Waals surface area contributed by atoms with E-state index >= 15 is 0 Å². The predicted octanol–water partition coefficient (Wildman–Crippen LogP) is 2.37. The fourth-order valence-corrected chi connectivity index (χ4v) is 1.57. The van der Waals surface area contributed by atoms with E-state index in [2.05, 4.69) is 4.98 Å². The lowest BCUT2D eigenvalue weighted by molar-refractivity contribution is -0.384. The van der Waals surface area contributed by atoms with Gasteiger partial charge in [-0.1, -0.05) is 0 Å². The number of aromatic hydroxyl groups is 1. The van der Waals surface area contributed by atoms with Crippen LogP contribution in [0.1, 0.15) is 0 Å². The Morgan fingerprint density at radius 1 is 1.33 bits per heavy atom. The molecule has 0 aliphatic heterocycles. The molecular weight excluding hydrogens is 236 g/mol. The maximum absolute atomic E-state index is 10.9. The number of nitro groups is 1. The van der Waals surface area contributed by atoms with Crippen LogP contribution in [0.3, 0.4) is 0 Å². The molecule has 0 atom stereocenters. The van der Waals surface area contributed by atoms with Crippen molar-refractivity contribution in [2.45, 2.75) is 0 Å². The van der Waals surface area contributed by atoms with Crippen LogP contribution in [-0.4, -0.2) is 22.1 Å². The van der Waals surface area contributed by atoms with Gasteiger partial charge in [-0.15, -0.1) is 0 Å². The normalized spacial score (nSPS) is 10.1. The van der Waals surface area contributed by atoms with Crippen molar-refractivity contribution in [1.82, 2.24) is 4.98 Å². The minimum atomic E-state index is -0.559. The van der Waals surface area contributed by atoms with Crippen molar-refractivity contribution in [3.05, 3.63) is 46.6 Å². The topological polar surface area (TPSA) is 85.5 Å². The Morgan fingerprint density at radius 3 is 2.78 bits per heavy atom. The molecular formula is C12H10N2O4. The van der Waals surface area contributed by atoms with Crippen LogP contribution < -0.4 is 4.74 Å². The van der Waals surface area contributed by atoms with Gasteiger partial charge >= 0.3 is 0 Å². The highest BCUT2D eigenvalue weighted by Crippen LogP contribution is 2.32. The van der Waals surface area contributed by atoms with E-state index in [-0.39, 0.29) is 11.4 Å². The Bertz CT molecular complexity index is 598. The van der Waals surface area contributed by atoms with Crippen LogP contribution in [0, 0.1) is 10.1 Å². The Kier molecular flexibility index (Phi) is 3.09. The van der Waals surface area contributed by atoms with E-state index in [1.54, 1.807) is 12.1 Å². The summed E-state index contributed by atoms with van der Waals surface area (Å²) in [6.07, 6.45) is 1.50. The second-order valence-electron chi connectivity index (χ2n) is 3.54. The van der Waals surface area contributed by atoms with Crippen LogP contribution >= 0.6 is 0 Å². The highest BCUT2D eigenvalue weighted by Gasteiger charge is 2.17. The number of ether oxygens (including phenoxy) is 1. The van der Waals surface area contributed by atoms with Crippen LogP contribution in [0.4, 0.5) is 5.69 Å². The summed E-state index contributed by atoms with van der Waals surface area (Å²) < 4.78 is 5.04. The van der Waals surface area contributed by atoms with Gasteiger partial charge in [0.2, 0.25) is 0 Å². The number of hydrogen-bond acceptors (Lipinski definition) is 5.